The van der Waals surface area contributed by atoms with Gasteiger partial charge in [0, 0.05) is 10.9 Å². The van der Waals surface area contributed by atoms with Gasteiger partial charge in [-0.2, -0.15) is 0 Å². The Hall–Kier alpha value is -2.99. The summed E-state index contributed by atoms with van der Waals surface area (Å²) in [6, 6.07) is 17.8. The van der Waals surface area contributed by atoms with Gasteiger partial charge < -0.3 is 5.32 Å². The van der Waals surface area contributed by atoms with Crippen molar-refractivity contribution in [2.45, 2.75) is 38.8 Å². The Balaban J connectivity index is 1.44. The van der Waals surface area contributed by atoms with Gasteiger partial charge in [0.1, 0.15) is 10.5 Å². The number of nitrogens with zero attached hydrogens (tertiary/aromatic N) is 2. The van der Waals surface area contributed by atoms with Crippen LogP contribution in [0.15, 0.2) is 60.0 Å². The molecule has 2 aromatic carbocycles. The third-order valence-electron chi connectivity index (χ3n) is 5.27. The lowest BCUT2D eigenvalue weighted by molar-refractivity contribution is -0.131. The molecule has 0 bridgehead atoms. The lowest BCUT2D eigenvalue weighted by Gasteiger charge is -2.21. The third kappa shape index (κ3) is 4.07. The Bertz CT molecular complexity index is 1030. The molecule has 0 aliphatic carbocycles. The lowest BCUT2D eigenvalue weighted by Crippen LogP contribution is -2.44. The van der Waals surface area contributed by atoms with Crippen LogP contribution in [-0.2, 0) is 17.8 Å². The molecular formula is C23H23N3O2S. The first kappa shape index (κ1) is 19.3. The fourth-order valence-corrected chi connectivity index (χ4v) is 4.29. The van der Waals surface area contributed by atoms with E-state index < -0.39 is 5.54 Å². The van der Waals surface area contributed by atoms with E-state index in [0.29, 0.717) is 6.42 Å². The minimum atomic E-state index is -0.886. The van der Waals surface area contributed by atoms with E-state index in [2.05, 4.69) is 10.3 Å². The molecule has 2 heterocycles. The second-order valence-corrected chi connectivity index (χ2v) is 8.51. The molecule has 5 nitrogen and oxygen atoms in total. The van der Waals surface area contributed by atoms with Gasteiger partial charge in [-0.15, -0.1) is 11.3 Å². The normalized spacial score (nSPS) is 18.9. The van der Waals surface area contributed by atoms with Crippen molar-refractivity contribution in [3.63, 3.8) is 0 Å². The summed E-state index contributed by atoms with van der Waals surface area (Å²) in [6.45, 7) is 4.03. The number of rotatable bonds is 6. The van der Waals surface area contributed by atoms with Crippen molar-refractivity contribution in [2.75, 3.05) is 0 Å². The first-order valence-electron chi connectivity index (χ1n) is 9.64. The predicted octanol–water partition coefficient (Wildman–Crippen LogP) is 4.56. The number of hydrogen-bond acceptors (Lipinski definition) is 4. The molecule has 1 atom stereocenters. The number of imide groups is 1. The van der Waals surface area contributed by atoms with Gasteiger partial charge in [-0.1, -0.05) is 60.2 Å². The smallest absolute Gasteiger partial charge is 0.323 e. The Morgan fingerprint density at radius 1 is 1.07 bits per heavy atom. The molecule has 0 spiro atoms. The molecule has 0 unspecified atom stereocenters. The molecule has 0 saturated carbocycles. The van der Waals surface area contributed by atoms with E-state index in [4.69, 9.17) is 0 Å². The van der Waals surface area contributed by atoms with Gasteiger partial charge in [-0.05, 0) is 32.3 Å². The van der Waals surface area contributed by atoms with E-state index in [1.54, 1.807) is 6.92 Å². The second-order valence-electron chi connectivity index (χ2n) is 7.65. The van der Waals surface area contributed by atoms with Crippen molar-refractivity contribution in [1.29, 1.82) is 0 Å². The fraction of sp³-hybridized carbons (Fsp3) is 0.261. The number of amides is 3. The van der Waals surface area contributed by atoms with Crippen LogP contribution in [0, 0.1) is 6.92 Å². The van der Waals surface area contributed by atoms with Crippen LogP contribution in [0.25, 0.3) is 10.6 Å². The van der Waals surface area contributed by atoms with E-state index >= 15 is 0 Å². The van der Waals surface area contributed by atoms with Crippen LogP contribution < -0.4 is 5.32 Å². The largest absolute Gasteiger partial charge is 0.325 e. The van der Waals surface area contributed by atoms with Crippen LogP contribution in [0.5, 0.6) is 0 Å². The van der Waals surface area contributed by atoms with Gasteiger partial charge in [0.15, 0.2) is 0 Å². The van der Waals surface area contributed by atoms with E-state index in [9.17, 15) is 9.59 Å². The molecule has 1 aromatic heterocycles. The van der Waals surface area contributed by atoms with Crippen molar-refractivity contribution >= 4 is 23.3 Å². The van der Waals surface area contributed by atoms with E-state index in [0.717, 1.165) is 28.2 Å². The molecule has 6 heteroatoms. The summed E-state index contributed by atoms with van der Waals surface area (Å²) in [5, 5.41) is 5.68. The third-order valence-corrected chi connectivity index (χ3v) is 6.21. The van der Waals surface area contributed by atoms with Crippen molar-refractivity contribution in [1.82, 2.24) is 15.2 Å². The highest BCUT2D eigenvalue weighted by Gasteiger charge is 2.47. The highest BCUT2D eigenvalue weighted by Crippen LogP contribution is 2.28. The first-order chi connectivity index (χ1) is 13.9. The number of hydrogen-bond donors (Lipinski definition) is 1. The zero-order valence-electron chi connectivity index (χ0n) is 16.5. The maximum atomic E-state index is 13.0. The molecule has 3 aromatic rings. The Labute approximate surface area is 174 Å². The summed E-state index contributed by atoms with van der Waals surface area (Å²) in [6.07, 6.45) is 1.29. The lowest BCUT2D eigenvalue weighted by atomic mass is 9.93. The molecule has 1 saturated heterocycles. The van der Waals surface area contributed by atoms with Crippen LogP contribution in [0.3, 0.4) is 0 Å². The molecule has 1 aliphatic heterocycles. The van der Waals surface area contributed by atoms with Gasteiger partial charge in [0.05, 0.1) is 12.2 Å². The number of aromatic nitrogens is 1. The van der Waals surface area contributed by atoms with Crippen molar-refractivity contribution in [2.24, 2.45) is 0 Å². The summed E-state index contributed by atoms with van der Waals surface area (Å²) < 4.78 is 0. The van der Waals surface area contributed by atoms with Crippen LogP contribution >= 0.6 is 11.3 Å². The number of urea groups is 1. The Morgan fingerprint density at radius 3 is 2.52 bits per heavy atom. The average molecular weight is 406 g/mol. The second kappa shape index (κ2) is 7.79. The predicted molar refractivity (Wildman–Crippen MR) is 115 cm³/mol. The number of carbonyl (C=O) groups excluding carboxylic acids is 2. The number of benzene rings is 2. The van der Waals surface area contributed by atoms with Gasteiger partial charge in [0.2, 0.25) is 0 Å². The minimum Gasteiger partial charge on any atom is -0.323 e. The standard InChI is InChI=1S/C23H23N3O2S/c1-16-8-10-18(11-9-16)20-24-19(15-29-20)14-26-21(27)23(2,25-22(26)28)13-12-17-6-4-3-5-7-17/h3-11,15H,12-14H2,1-2H3,(H,25,28)/t23-/m1/s1. The maximum absolute atomic E-state index is 13.0. The molecule has 148 valence electrons. The summed E-state index contributed by atoms with van der Waals surface area (Å²) in [4.78, 5) is 31.4. The minimum absolute atomic E-state index is 0.188. The molecule has 1 N–H and O–H groups in total. The highest BCUT2D eigenvalue weighted by molar-refractivity contribution is 7.13. The number of carbonyl (C=O) groups is 2. The topological polar surface area (TPSA) is 62.3 Å². The summed E-state index contributed by atoms with van der Waals surface area (Å²) in [7, 11) is 0. The first-order valence-corrected chi connectivity index (χ1v) is 10.5. The summed E-state index contributed by atoms with van der Waals surface area (Å²) in [5.41, 5.74) is 3.22. The van der Waals surface area contributed by atoms with Crippen LogP contribution in [0.4, 0.5) is 4.79 Å². The maximum Gasteiger partial charge on any atom is 0.325 e. The van der Waals surface area contributed by atoms with Crippen molar-refractivity contribution in [3.05, 3.63) is 76.8 Å². The van der Waals surface area contributed by atoms with E-state index in [1.807, 2.05) is 66.9 Å². The van der Waals surface area contributed by atoms with E-state index in [-0.39, 0.29) is 18.5 Å². The SMILES string of the molecule is Cc1ccc(-c2nc(CN3C(=O)N[C@](C)(CCc4ccccc4)C3=O)cs2)cc1. The number of aryl methyl sites for hydroxylation is 2. The quantitative estimate of drug-likeness (QED) is 0.612. The molecule has 3 amide bonds. The van der Waals surface area contributed by atoms with Gasteiger partial charge in [0.25, 0.3) is 5.91 Å². The highest BCUT2D eigenvalue weighted by atomic mass is 32.1. The molecule has 1 fully saturated rings. The zero-order chi connectivity index (χ0) is 20.4. The van der Waals surface area contributed by atoms with Gasteiger partial charge in [-0.25, -0.2) is 9.78 Å². The Morgan fingerprint density at radius 2 is 1.79 bits per heavy atom. The number of thiazole rings is 1. The molecular weight excluding hydrogens is 382 g/mol. The van der Waals surface area contributed by atoms with Crippen LogP contribution in [0.1, 0.15) is 30.2 Å². The monoisotopic (exact) mass is 405 g/mol. The molecule has 0 radical (unpaired) electrons. The van der Waals surface area contributed by atoms with Crippen molar-refractivity contribution < 1.29 is 9.59 Å². The van der Waals surface area contributed by atoms with Crippen molar-refractivity contribution in [3.8, 4) is 10.6 Å². The molecule has 29 heavy (non-hydrogen) atoms. The van der Waals surface area contributed by atoms with E-state index in [1.165, 1.54) is 21.8 Å². The molecule has 4 rings (SSSR count). The summed E-state index contributed by atoms with van der Waals surface area (Å²) in [5.74, 6) is -0.191. The fourth-order valence-electron chi connectivity index (χ4n) is 3.47. The van der Waals surface area contributed by atoms with Gasteiger partial charge in [-0.3, -0.25) is 9.69 Å². The zero-order valence-corrected chi connectivity index (χ0v) is 17.3. The number of nitrogens with one attached hydrogen (secondary N) is 1. The molecule has 1 aliphatic rings. The Kier molecular flexibility index (Phi) is 5.20. The van der Waals surface area contributed by atoms with Crippen LogP contribution in [-0.4, -0.2) is 27.4 Å². The van der Waals surface area contributed by atoms with Gasteiger partial charge >= 0.3 is 6.03 Å². The van der Waals surface area contributed by atoms with Crippen LogP contribution in [0.2, 0.25) is 0 Å². The average Bonchev–Trinajstić information content (AvgIpc) is 3.27. The summed E-state index contributed by atoms with van der Waals surface area (Å²) >= 11 is 1.52.